The molecule has 0 atom stereocenters. The normalized spacial score (nSPS) is 13.6. The molecule has 0 unspecified atom stereocenters. The molecule has 0 saturated heterocycles. The highest BCUT2D eigenvalue weighted by molar-refractivity contribution is 7.10. The van der Waals surface area contributed by atoms with Gasteiger partial charge in [-0.25, -0.2) is 4.68 Å². The van der Waals surface area contributed by atoms with Crippen molar-refractivity contribution in [3.63, 3.8) is 0 Å². The van der Waals surface area contributed by atoms with E-state index in [1.54, 1.807) is 22.3 Å². The lowest BCUT2D eigenvalue weighted by Gasteiger charge is -2.27. The van der Waals surface area contributed by atoms with Crippen molar-refractivity contribution in [3.05, 3.63) is 52.0 Å². The molecule has 1 aliphatic rings. The van der Waals surface area contributed by atoms with E-state index in [-0.39, 0.29) is 12.5 Å². The van der Waals surface area contributed by atoms with Crippen LogP contribution in [0, 0.1) is 6.92 Å². The minimum Gasteiger partial charge on any atom is -0.376 e. The SMILES string of the molecule is Cc1ccc(-n2cnnn2)cc1NCC(=O)N1CCc2sccc2C1. The number of hydrogen-bond acceptors (Lipinski definition) is 6. The van der Waals surface area contributed by atoms with Crippen molar-refractivity contribution < 1.29 is 4.79 Å². The van der Waals surface area contributed by atoms with Crippen LogP contribution in [0.5, 0.6) is 0 Å². The van der Waals surface area contributed by atoms with Crippen LogP contribution in [0.2, 0.25) is 0 Å². The summed E-state index contributed by atoms with van der Waals surface area (Å²) in [5.41, 5.74) is 4.12. The van der Waals surface area contributed by atoms with Crippen LogP contribution in [-0.2, 0) is 17.8 Å². The zero-order chi connectivity index (χ0) is 17.2. The number of amides is 1. The van der Waals surface area contributed by atoms with Gasteiger partial charge in [-0.05, 0) is 58.5 Å². The highest BCUT2D eigenvalue weighted by Gasteiger charge is 2.21. The molecule has 8 heteroatoms. The smallest absolute Gasteiger partial charge is 0.242 e. The number of aromatic nitrogens is 4. The Bertz CT molecular complexity index is 888. The van der Waals surface area contributed by atoms with Crippen LogP contribution in [0.4, 0.5) is 5.69 Å². The summed E-state index contributed by atoms with van der Waals surface area (Å²) in [6.45, 7) is 3.79. The number of benzene rings is 1. The van der Waals surface area contributed by atoms with E-state index < -0.39 is 0 Å². The van der Waals surface area contributed by atoms with Gasteiger partial charge < -0.3 is 10.2 Å². The van der Waals surface area contributed by atoms with Crippen molar-refractivity contribution >= 4 is 22.9 Å². The van der Waals surface area contributed by atoms with Gasteiger partial charge in [0.1, 0.15) is 6.33 Å². The summed E-state index contributed by atoms with van der Waals surface area (Å²) in [5, 5.41) is 16.6. The number of carbonyl (C=O) groups is 1. The molecule has 1 aromatic carbocycles. The number of nitrogens with one attached hydrogen (secondary N) is 1. The molecule has 7 nitrogen and oxygen atoms in total. The molecule has 25 heavy (non-hydrogen) atoms. The van der Waals surface area contributed by atoms with Gasteiger partial charge >= 0.3 is 0 Å². The lowest BCUT2D eigenvalue weighted by Crippen LogP contribution is -2.38. The first-order chi connectivity index (χ1) is 12.2. The summed E-state index contributed by atoms with van der Waals surface area (Å²) >= 11 is 1.78. The zero-order valence-corrected chi connectivity index (χ0v) is 14.7. The Labute approximate surface area is 149 Å². The minimum atomic E-state index is 0.115. The Morgan fingerprint density at radius 3 is 3.12 bits per heavy atom. The number of hydrogen-bond donors (Lipinski definition) is 1. The van der Waals surface area contributed by atoms with Crippen LogP contribution in [0.15, 0.2) is 36.0 Å². The Morgan fingerprint density at radius 1 is 1.36 bits per heavy atom. The van der Waals surface area contributed by atoms with Gasteiger partial charge in [0.15, 0.2) is 0 Å². The molecule has 0 bridgehead atoms. The molecule has 1 amide bonds. The molecule has 3 aromatic rings. The number of aryl methyl sites for hydroxylation is 1. The number of carbonyl (C=O) groups excluding carboxylic acids is 1. The maximum Gasteiger partial charge on any atom is 0.242 e. The van der Waals surface area contributed by atoms with E-state index in [1.807, 2.05) is 30.0 Å². The molecule has 1 N–H and O–H groups in total. The van der Waals surface area contributed by atoms with Gasteiger partial charge in [-0.1, -0.05) is 6.07 Å². The van der Waals surface area contributed by atoms with Crippen molar-refractivity contribution in [1.29, 1.82) is 0 Å². The molecule has 0 spiro atoms. The zero-order valence-electron chi connectivity index (χ0n) is 13.8. The fourth-order valence-electron chi connectivity index (χ4n) is 2.97. The molecule has 4 rings (SSSR count). The summed E-state index contributed by atoms with van der Waals surface area (Å²) in [6.07, 6.45) is 2.50. The standard InChI is InChI=1S/C17H18N6OS/c1-12-2-3-14(23-11-19-20-21-23)8-15(12)18-9-17(24)22-6-4-16-13(10-22)5-7-25-16/h2-3,5,7-8,11,18H,4,6,9-10H2,1H3. The quantitative estimate of drug-likeness (QED) is 0.776. The summed E-state index contributed by atoms with van der Waals surface area (Å²) < 4.78 is 1.59. The molecule has 0 aliphatic carbocycles. The summed E-state index contributed by atoms with van der Waals surface area (Å²) in [7, 11) is 0. The average molecular weight is 354 g/mol. The number of thiophene rings is 1. The fourth-order valence-corrected chi connectivity index (χ4v) is 3.86. The van der Waals surface area contributed by atoms with Gasteiger partial charge in [0.25, 0.3) is 0 Å². The predicted octanol–water partition coefficient (Wildman–Crippen LogP) is 2.03. The van der Waals surface area contributed by atoms with Crippen LogP contribution in [-0.4, -0.2) is 44.1 Å². The van der Waals surface area contributed by atoms with Crippen LogP contribution >= 0.6 is 11.3 Å². The predicted molar refractivity (Wildman–Crippen MR) is 95.8 cm³/mol. The van der Waals surface area contributed by atoms with Crippen molar-refractivity contribution in [3.8, 4) is 5.69 Å². The van der Waals surface area contributed by atoms with Gasteiger partial charge in [0.05, 0.1) is 12.2 Å². The maximum absolute atomic E-state index is 12.6. The van der Waals surface area contributed by atoms with E-state index in [9.17, 15) is 4.79 Å². The highest BCUT2D eigenvalue weighted by atomic mass is 32.1. The Morgan fingerprint density at radius 2 is 2.28 bits per heavy atom. The number of tetrazole rings is 1. The van der Waals surface area contributed by atoms with E-state index in [0.717, 1.165) is 29.9 Å². The minimum absolute atomic E-state index is 0.115. The third-order valence-electron chi connectivity index (χ3n) is 4.43. The molecule has 2 aromatic heterocycles. The number of anilines is 1. The van der Waals surface area contributed by atoms with Crippen molar-refractivity contribution in [2.24, 2.45) is 0 Å². The molecule has 0 radical (unpaired) electrons. The van der Waals surface area contributed by atoms with Gasteiger partial charge in [-0.15, -0.1) is 16.4 Å². The number of rotatable bonds is 4. The fraction of sp³-hybridized carbons (Fsp3) is 0.294. The molecule has 128 valence electrons. The van der Waals surface area contributed by atoms with Crippen LogP contribution < -0.4 is 5.32 Å². The lowest BCUT2D eigenvalue weighted by atomic mass is 10.1. The molecule has 1 aliphatic heterocycles. The summed E-state index contributed by atoms with van der Waals surface area (Å²) in [6, 6.07) is 8.00. The monoisotopic (exact) mass is 354 g/mol. The van der Waals surface area contributed by atoms with Crippen molar-refractivity contribution in [2.75, 3.05) is 18.4 Å². The second-order valence-corrected chi connectivity index (χ2v) is 7.04. The number of nitrogens with zero attached hydrogens (tertiary/aromatic N) is 5. The van der Waals surface area contributed by atoms with Crippen molar-refractivity contribution in [1.82, 2.24) is 25.1 Å². The highest BCUT2D eigenvalue weighted by Crippen LogP contribution is 2.24. The first-order valence-corrected chi connectivity index (χ1v) is 8.99. The third kappa shape index (κ3) is 3.25. The largest absolute Gasteiger partial charge is 0.376 e. The lowest BCUT2D eigenvalue weighted by molar-refractivity contribution is -0.130. The second-order valence-electron chi connectivity index (χ2n) is 6.04. The first kappa shape index (κ1) is 15.8. The average Bonchev–Trinajstić information content (AvgIpc) is 3.31. The van der Waals surface area contributed by atoms with Gasteiger partial charge in [-0.3, -0.25) is 4.79 Å². The van der Waals surface area contributed by atoms with Crippen LogP contribution in [0.25, 0.3) is 5.69 Å². The van der Waals surface area contributed by atoms with Crippen LogP contribution in [0.3, 0.4) is 0 Å². The van der Waals surface area contributed by atoms with E-state index in [2.05, 4.69) is 32.3 Å². The van der Waals surface area contributed by atoms with E-state index in [1.165, 1.54) is 10.4 Å². The van der Waals surface area contributed by atoms with Gasteiger partial charge in [0, 0.05) is 23.7 Å². The topological polar surface area (TPSA) is 75.9 Å². The Kier molecular flexibility index (Phi) is 4.19. The van der Waals surface area contributed by atoms with E-state index >= 15 is 0 Å². The molecular formula is C17H18N6OS. The van der Waals surface area contributed by atoms with E-state index in [0.29, 0.717) is 6.54 Å². The van der Waals surface area contributed by atoms with Gasteiger partial charge in [-0.2, -0.15) is 0 Å². The third-order valence-corrected chi connectivity index (χ3v) is 5.45. The summed E-state index contributed by atoms with van der Waals surface area (Å²) in [4.78, 5) is 15.9. The molecule has 0 saturated carbocycles. The van der Waals surface area contributed by atoms with E-state index in [4.69, 9.17) is 0 Å². The molecule has 3 heterocycles. The summed E-state index contributed by atoms with van der Waals surface area (Å²) in [5.74, 6) is 0.115. The second kappa shape index (κ2) is 6.64. The Hall–Kier alpha value is -2.74. The number of fused-ring (bicyclic) bond motifs is 1. The molecule has 0 fully saturated rings. The molecular weight excluding hydrogens is 336 g/mol. The maximum atomic E-state index is 12.6. The van der Waals surface area contributed by atoms with Gasteiger partial charge in [0.2, 0.25) is 5.91 Å². The Balaban J connectivity index is 1.43. The van der Waals surface area contributed by atoms with Crippen LogP contribution in [0.1, 0.15) is 16.0 Å². The first-order valence-electron chi connectivity index (χ1n) is 8.11. The van der Waals surface area contributed by atoms with Crippen molar-refractivity contribution in [2.45, 2.75) is 19.9 Å².